The van der Waals surface area contributed by atoms with E-state index in [-0.39, 0.29) is 11.2 Å². The van der Waals surface area contributed by atoms with Gasteiger partial charge in [0.2, 0.25) is 0 Å². The van der Waals surface area contributed by atoms with Crippen LogP contribution in [0.5, 0.6) is 5.75 Å². The van der Waals surface area contributed by atoms with E-state index in [4.69, 9.17) is 0 Å². The van der Waals surface area contributed by atoms with Crippen molar-refractivity contribution in [2.24, 2.45) is 0 Å². The maximum absolute atomic E-state index is 9.82. The van der Waals surface area contributed by atoms with Crippen molar-refractivity contribution in [3.8, 4) is 50.3 Å². The molecule has 0 saturated carbocycles. The third-order valence-corrected chi connectivity index (χ3v) is 10.6. The van der Waals surface area contributed by atoms with Gasteiger partial charge in [-0.05, 0) is 127 Å². The van der Waals surface area contributed by atoms with Crippen LogP contribution in [0.3, 0.4) is 0 Å². The van der Waals surface area contributed by atoms with Crippen molar-refractivity contribution in [1.29, 1.82) is 0 Å². The zero-order chi connectivity index (χ0) is 34.5. The molecule has 0 amide bonds. The van der Waals surface area contributed by atoms with E-state index in [2.05, 4.69) is 176 Å². The lowest BCUT2D eigenvalue weighted by molar-refractivity contribution is 0.475. The fourth-order valence-corrected chi connectivity index (χ4v) is 7.75. The summed E-state index contributed by atoms with van der Waals surface area (Å²) in [4.78, 5) is 2.36. The van der Waals surface area contributed by atoms with Crippen LogP contribution in [0.15, 0.2) is 182 Å². The Balaban J connectivity index is 1.12. The predicted octanol–water partition coefficient (Wildman–Crippen LogP) is 13.3. The van der Waals surface area contributed by atoms with Crippen molar-refractivity contribution in [2.75, 3.05) is 4.90 Å². The summed E-state index contributed by atoms with van der Waals surface area (Å²) in [5, 5.41) is 12.3. The quantitative estimate of drug-likeness (QED) is 0.193. The molecule has 1 N–H and O–H groups in total. The van der Waals surface area contributed by atoms with Gasteiger partial charge in [-0.25, -0.2) is 0 Å². The molecule has 2 nitrogen and oxygen atoms in total. The third kappa shape index (κ3) is 5.46. The molecule has 0 spiro atoms. The van der Waals surface area contributed by atoms with Gasteiger partial charge in [0.1, 0.15) is 5.75 Å². The maximum atomic E-state index is 9.82. The van der Waals surface area contributed by atoms with E-state index < -0.39 is 0 Å². The Bertz CT molecular complexity index is 2530. The molecule has 8 aromatic rings. The molecule has 0 unspecified atom stereocenters. The van der Waals surface area contributed by atoms with Crippen LogP contribution in [0.4, 0.5) is 17.1 Å². The van der Waals surface area contributed by atoms with E-state index in [1.165, 1.54) is 55.3 Å². The monoisotopic (exact) mass is 655 g/mol. The van der Waals surface area contributed by atoms with Crippen LogP contribution >= 0.6 is 0 Å². The lowest BCUT2D eigenvalue weighted by atomic mass is 9.81. The molecule has 1 aliphatic carbocycles. The van der Waals surface area contributed by atoms with Crippen molar-refractivity contribution in [3.63, 3.8) is 0 Å². The zero-order valence-corrected chi connectivity index (χ0v) is 28.7. The summed E-state index contributed by atoms with van der Waals surface area (Å²) in [6.07, 6.45) is 0. The van der Waals surface area contributed by atoms with Crippen molar-refractivity contribution < 1.29 is 5.11 Å². The number of rotatable bonds is 6. The van der Waals surface area contributed by atoms with Gasteiger partial charge in [-0.1, -0.05) is 135 Å². The average molecular weight is 656 g/mol. The van der Waals surface area contributed by atoms with E-state index in [0.29, 0.717) is 0 Å². The van der Waals surface area contributed by atoms with Crippen LogP contribution in [0.2, 0.25) is 0 Å². The Hall–Kier alpha value is -6.38. The molecule has 0 heterocycles. The highest BCUT2D eigenvalue weighted by Crippen LogP contribution is 2.51. The van der Waals surface area contributed by atoms with Gasteiger partial charge in [0.15, 0.2) is 0 Å². The Morgan fingerprint density at radius 1 is 0.373 bits per heavy atom. The van der Waals surface area contributed by atoms with Gasteiger partial charge in [0.05, 0.1) is 0 Å². The molecule has 9 rings (SSSR count). The predicted molar refractivity (Wildman–Crippen MR) is 214 cm³/mol. The molecule has 51 heavy (non-hydrogen) atoms. The number of phenols is 1. The smallest absolute Gasteiger partial charge is 0.115 e. The minimum Gasteiger partial charge on any atom is -0.508 e. The fourth-order valence-electron chi connectivity index (χ4n) is 7.75. The summed E-state index contributed by atoms with van der Waals surface area (Å²) < 4.78 is 0. The first-order valence-corrected chi connectivity index (χ1v) is 17.6. The summed E-state index contributed by atoms with van der Waals surface area (Å²) in [7, 11) is 0. The van der Waals surface area contributed by atoms with E-state index >= 15 is 0 Å². The second-order valence-corrected chi connectivity index (χ2v) is 14.0. The van der Waals surface area contributed by atoms with Gasteiger partial charge in [0, 0.05) is 22.5 Å². The van der Waals surface area contributed by atoms with Crippen molar-refractivity contribution in [1.82, 2.24) is 0 Å². The lowest BCUT2D eigenvalue weighted by Gasteiger charge is -2.28. The summed E-state index contributed by atoms with van der Waals surface area (Å²) in [6.45, 7) is 4.72. The first-order chi connectivity index (χ1) is 24.9. The molecule has 0 fully saturated rings. The summed E-state index contributed by atoms with van der Waals surface area (Å²) in [5.74, 6) is 0.270. The average Bonchev–Trinajstić information content (AvgIpc) is 3.41. The summed E-state index contributed by atoms with van der Waals surface area (Å²) >= 11 is 0. The molecule has 0 aromatic heterocycles. The molecule has 0 aliphatic heterocycles. The zero-order valence-electron chi connectivity index (χ0n) is 28.7. The third-order valence-electron chi connectivity index (χ3n) is 10.6. The van der Waals surface area contributed by atoms with Crippen LogP contribution in [0.1, 0.15) is 25.0 Å². The Morgan fingerprint density at radius 2 is 0.824 bits per heavy atom. The summed E-state index contributed by atoms with van der Waals surface area (Å²) in [6, 6.07) is 64.8. The van der Waals surface area contributed by atoms with Crippen LogP contribution in [-0.4, -0.2) is 5.11 Å². The first-order valence-electron chi connectivity index (χ1n) is 17.6. The number of aromatic hydroxyl groups is 1. The number of anilines is 3. The number of nitrogens with zero attached hydrogens (tertiary/aromatic N) is 1. The highest BCUT2D eigenvalue weighted by Gasteiger charge is 2.36. The van der Waals surface area contributed by atoms with E-state index in [0.717, 1.165) is 28.2 Å². The Labute approximate surface area is 299 Å². The van der Waals surface area contributed by atoms with Gasteiger partial charge < -0.3 is 10.0 Å². The molecular formula is C49H37NO. The standard InChI is InChI=1S/C49H37NO/c1-49(2)47-31-40(39-13-12-34-10-6-7-11-38(34)30-39)20-28-45(47)46-29-25-43(32-48(46)49)50(41-21-14-35(15-22-41)33-8-4-3-5-9-33)42-23-16-36(17-24-42)37-18-26-44(51)27-19-37/h3-32,51H,1-2H3. The normalized spacial score (nSPS) is 12.7. The molecule has 0 radical (unpaired) electrons. The largest absolute Gasteiger partial charge is 0.508 e. The Morgan fingerprint density at radius 3 is 1.47 bits per heavy atom. The first kappa shape index (κ1) is 30.7. The fraction of sp³-hybridized carbons (Fsp3) is 0.0612. The number of phenolic OH excluding ortho intramolecular Hbond substituents is 1. The van der Waals surface area contributed by atoms with Gasteiger partial charge in [-0.15, -0.1) is 0 Å². The van der Waals surface area contributed by atoms with Crippen LogP contribution in [0, 0.1) is 0 Å². The number of benzene rings is 8. The Kier molecular flexibility index (Phi) is 7.33. The van der Waals surface area contributed by atoms with Crippen LogP contribution in [-0.2, 0) is 5.41 Å². The number of hydrogen-bond acceptors (Lipinski definition) is 2. The van der Waals surface area contributed by atoms with E-state index in [1.807, 2.05) is 12.1 Å². The molecule has 0 saturated heterocycles. The van der Waals surface area contributed by atoms with Gasteiger partial charge in [0.25, 0.3) is 0 Å². The number of fused-ring (bicyclic) bond motifs is 4. The van der Waals surface area contributed by atoms with E-state index in [1.54, 1.807) is 12.1 Å². The SMILES string of the molecule is CC1(C)c2cc(-c3ccc4ccccc4c3)ccc2-c2ccc(N(c3ccc(-c4ccccc4)cc3)c3ccc(-c4ccc(O)cc4)cc3)cc21. The summed E-state index contributed by atoms with van der Waals surface area (Å²) in [5.41, 5.74) is 15.5. The lowest BCUT2D eigenvalue weighted by Crippen LogP contribution is -2.16. The van der Waals surface area contributed by atoms with Gasteiger partial charge in [-0.3, -0.25) is 0 Å². The minimum absolute atomic E-state index is 0.181. The van der Waals surface area contributed by atoms with Crippen LogP contribution < -0.4 is 4.90 Å². The molecule has 2 heteroatoms. The molecule has 0 atom stereocenters. The van der Waals surface area contributed by atoms with Gasteiger partial charge >= 0.3 is 0 Å². The van der Waals surface area contributed by atoms with Crippen molar-refractivity contribution >= 4 is 27.8 Å². The van der Waals surface area contributed by atoms with Gasteiger partial charge in [-0.2, -0.15) is 0 Å². The molecule has 0 bridgehead atoms. The molecule has 1 aliphatic rings. The second-order valence-electron chi connectivity index (χ2n) is 14.0. The van der Waals surface area contributed by atoms with Crippen molar-refractivity contribution in [2.45, 2.75) is 19.3 Å². The highest BCUT2D eigenvalue weighted by atomic mass is 16.3. The minimum atomic E-state index is -0.181. The molecule has 8 aromatic carbocycles. The second kappa shape index (κ2) is 12.2. The molecular weight excluding hydrogens is 619 g/mol. The van der Waals surface area contributed by atoms with Crippen molar-refractivity contribution in [3.05, 3.63) is 193 Å². The van der Waals surface area contributed by atoms with E-state index in [9.17, 15) is 5.11 Å². The number of hydrogen-bond donors (Lipinski definition) is 1. The highest BCUT2D eigenvalue weighted by molar-refractivity contribution is 5.90. The topological polar surface area (TPSA) is 23.5 Å². The molecule has 244 valence electrons. The maximum Gasteiger partial charge on any atom is 0.115 e. The van der Waals surface area contributed by atoms with Crippen LogP contribution in [0.25, 0.3) is 55.3 Å².